The number of benzene rings is 1. The molecule has 82 valence electrons. The highest BCUT2D eigenvalue weighted by molar-refractivity contribution is 7.98. The molecule has 0 spiro atoms. The normalized spacial score (nSPS) is 19.4. The first-order valence-electron chi connectivity index (χ1n) is 5.54. The van der Waals surface area contributed by atoms with Crippen LogP contribution >= 0.6 is 11.8 Å². The highest BCUT2D eigenvalue weighted by Crippen LogP contribution is 2.41. The fourth-order valence-electron chi connectivity index (χ4n) is 2.57. The summed E-state index contributed by atoms with van der Waals surface area (Å²) in [6.07, 6.45) is 6.24. The fourth-order valence-corrected chi connectivity index (χ4v) is 3.20. The third-order valence-corrected chi connectivity index (χ3v) is 4.32. The van der Waals surface area contributed by atoms with Crippen LogP contribution in [0.25, 0.3) is 0 Å². The van der Waals surface area contributed by atoms with Crippen molar-refractivity contribution in [3.63, 3.8) is 0 Å². The van der Waals surface area contributed by atoms with Gasteiger partial charge >= 0.3 is 0 Å². The second-order valence-electron chi connectivity index (χ2n) is 4.37. The van der Waals surface area contributed by atoms with Gasteiger partial charge in [-0.05, 0) is 43.2 Å². The molecule has 15 heavy (non-hydrogen) atoms. The molecule has 1 N–H and O–H groups in total. The molecule has 1 fully saturated rings. The van der Waals surface area contributed by atoms with Gasteiger partial charge < -0.3 is 5.11 Å². The van der Waals surface area contributed by atoms with Gasteiger partial charge in [-0.3, -0.25) is 0 Å². The minimum atomic E-state index is -0.546. The van der Waals surface area contributed by atoms with Crippen molar-refractivity contribution >= 4 is 11.8 Å². The molecule has 0 heterocycles. The van der Waals surface area contributed by atoms with Crippen molar-refractivity contribution in [3.05, 3.63) is 29.3 Å². The van der Waals surface area contributed by atoms with E-state index in [9.17, 15) is 5.11 Å². The molecule has 0 unspecified atom stereocenters. The molecule has 2 heteroatoms. The smallest absolute Gasteiger partial charge is 0.0899 e. The zero-order valence-electron chi connectivity index (χ0n) is 9.42. The summed E-state index contributed by atoms with van der Waals surface area (Å²) in [6.45, 7) is 2.12. The van der Waals surface area contributed by atoms with Gasteiger partial charge in [0.2, 0.25) is 0 Å². The van der Waals surface area contributed by atoms with Gasteiger partial charge in [0, 0.05) is 4.90 Å². The number of rotatable bonds is 2. The monoisotopic (exact) mass is 222 g/mol. The van der Waals surface area contributed by atoms with E-state index in [2.05, 4.69) is 31.4 Å². The molecule has 0 bridgehead atoms. The molecule has 1 aliphatic rings. The molecule has 0 radical (unpaired) electrons. The summed E-state index contributed by atoms with van der Waals surface area (Å²) in [4.78, 5) is 1.29. The van der Waals surface area contributed by atoms with Crippen LogP contribution < -0.4 is 0 Å². The Morgan fingerprint density at radius 2 is 1.93 bits per heavy atom. The molecule has 0 aliphatic heterocycles. The maximum Gasteiger partial charge on any atom is 0.0899 e. The highest BCUT2D eigenvalue weighted by atomic mass is 32.2. The molecule has 1 aliphatic carbocycles. The van der Waals surface area contributed by atoms with Crippen LogP contribution in [0.2, 0.25) is 0 Å². The third kappa shape index (κ3) is 1.93. The van der Waals surface area contributed by atoms with Gasteiger partial charge in [0.25, 0.3) is 0 Å². The molecule has 0 atom stereocenters. The summed E-state index contributed by atoms with van der Waals surface area (Å²) in [5.74, 6) is 0. The lowest BCUT2D eigenvalue weighted by molar-refractivity contribution is 0.0436. The first-order valence-corrected chi connectivity index (χ1v) is 6.76. The van der Waals surface area contributed by atoms with E-state index in [4.69, 9.17) is 0 Å². The first-order chi connectivity index (χ1) is 7.17. The summed E-state index contributed by atoms with van der Waals surface area (Å²) >= 11 is 1.76. The Kier molecular flexibility index (Phi) is 3.08. The summed E-state index contributed by atoms with van der Waals surface area (Å²) in [6, 6.07) is 6.27. The van der Waals surface area contributed by atoms with Crippen LogP contribution in [0.15, 0.2) is 23.1 Å². The average Bonchev–Trinajstić information content (AvgIpc) is 2.66. The Labute approximate surface area is 95.9 Å². The quantitative estimate of drug-likeness (QED) is 0.773. The largest absolute Gasteiger partial charge is 0.385 e. The standard InChI is InChI=1S/C13H18OS/c1-10-11(6-5-7-12(10)15-2)13(14)8-3-4-9-13/h5-7,14H,3-4,8-9H2,1-2H3. The van der Waals surface area contributed by atoms with Crippen molar-refractivity contribution < 1.29 is 5.11 Å². The van der Waals surface area contributed by atoms with E-state index in [1.54, 1.807) is 11.8 Å². The summed E-state index contributed by atoms with van der Waals surface area (Å²) in [7, 11) is 0. The van der Waals surface area contributed by atoms with Gasteiger partial charge in [-0.1, -0.05) is 25.0 Å². The number of thioether (sulfide) groups is 1. The maximum atomic E-state index is 10.6. The van der Waals surface area contributed by atoms with Gasteiger partial charge in [-0.15, -0.1) is 11.8 Å². The molecular weight excluding hydrogens is 204 g/mol. The Morgan fingerprint density at radius 3 is 2.53 bits per heavy atom. The van der Waals surface area contributed by atoms with Gasteiger partial charge in [-0.25, -0.2) is 0 Å². The lowest BCUT2D eigenvalue weighted by Crippen LogP contribution is -2.22. The van der Waals surface area contributed by atoms with Crippen molar-refractivity contribution in [2.45, 2.75) is 43.1 Å². The van der Waals surface area contributed by atoms with Crippen molar-refractivity contribution in [3.8, 4) is 0 Å². The molecule has 1 aromatic rings. The van der Waals surface area contributed by atoms with E-state index in [-0.39, 0.29) is 0 Å². The number of hydrogen-bond donors (Lipinski definition) is 1. The van der Waals surface area contributed by atoms with Gasteiger partial charge in [-0.2, -0.15) is 0 Å². The second-order valence-corrected chi connectivity index (χ2v) is 5.22. The Morgan fingerprint density at radius 1 is 1.27 bits per heavy atom. The minimum absolute atomic E-state index is 0.546. The van der Waals surface area contributed by atoms with Crippen LogP contribution in [-0.2, 0) is 5.60 Å². The van der Waals surface area contributed by atoms with E-state index in [0.717, 1.165) is 31.2 Å². The summed E-state index contributed by atoms with van der Waals surface area (Å²) < 4.78 is 0. The van der Waals surface area contributed by atoms with Gasteiger partial charge in [0.15, 0.2) is 0 Å². The third-order valence-electron chi connectivity index (χ3n) is 3.44. The molecule has 0 aromatic heterocycles. The first kappa shape index (κ1) is 11.0. The Hall–Kier alpha value is -0.470. The van der Waals surface area contributed by atoms with Crippen LogP contribution in [0.4, 0.5) is 0 Å². The molecule has 1 saturated carbocycles. The molecule has 2 rings (SSSR count). The van der Waals surface area contributed by atoms with Crippen LogP contribution in [0, 0.1) is 6.92 Å². The van der Waals surface area contributed by atoms with Gasteiger partial charge in [0.05, 0.1) is 5.60 Å². The molecule has 0 saturated heterocycles. The molecular formula is C13H18OS. The van der Waals surface area contributed by atoms with E-state index in [0.29, 0.717) is 0 Å². The zero-order valence-corrected chi connectivity index (χ0v) is 10.2. The SMILES string of the molecule is CSc1cccc(C2(O)CCCC2)c1C. The average molecular weight is 222 g/mol. The van der Waals surface area contributed by atoms with Crippen LogP contribution in [-0.4, -0.2) is 11.4 Å². The van der Waals surface area contributed by atoms with Crippen LogP contribution in [0.1, 0.15) is 36.8 Å². The predicted octanol–water partition coefficient (Wildman–Crippen LogP) is 3.48. The van der Waals surface area contributed by atoms with Crippen molar-refractivity contribution in [2.75, 3.05) is 6.26 Å². The molecule has 1 aromatic carbocycles. The Bertz CT molecular complexity index is 354. The topological polar surface area (TPSA) is 20.2 Å². The molecule has 0 amide bonds. The van der Waals surface area contributed by atoms with Crippen molar-refractivity contribution in [2.24, 2.45) is 0 Å². The lowest BCUT2D eigenvalue weighted by Gasteiger charge is -2.25. The van der Waals surface area contributed by atoms with Gasteiger partial charge in [0.1, 0.15) is 0 Å². The summed E-state index contributed by atoms with van der Waals surface area (Å²) in [5, 5.41) is 10.6. The van der Waals surface area contributed by atoms with Crippen LogP contribution in [0.5, 0.6) is 0 Å². The van der Waals surface area contributed by atoms with E-state index in [1.807, 2.05) is 0 Å². The number of aliphatic hydroxyl groups is 1. The van der Waals surface area contributed by atoms with Crippen molar-refractivity contribution in [1.82, 2.24) is 0 Å². The highest BCUT2D eigenvalue weighted by Gasteiger charge is 2.34. The van der Waals surface area contributed by atoms with Crippen LogP contribution in [0.3, 0.4) is 0 Å². The van der Waals surface area contributed by atoms with Crippen molar-refractivity contribution in [1.29, 1.82) is 0 Å². The fraction of sp³-hybridized carbons (Fsp3) is 0.538. The zero-order chi connectivity index (χ0) is 10.9. The lowest BCUT2D eigenvalue weighted by atomic mass is 9.89. The maximum absolute atomic E-state index is 10.6. The Balaban J connectivity index is 2.43. The number of hydrogen-bond acceptors (Lipinski definition) is 2. The second kappa shape index (κ2) is 4.18. The van der Waals surface area contributed by atoms with E-state index in [1.165, 1.54) is 10.5 Å². The predicted molar refractivity (Wildman–Crippen MR) is 65.3 cm³/mol. The minimum Gasteiger partial charge on any atom is -0.385 e. The molecule has 1 nitrogen and oxygen atoms in total. The van der Waals surface area contributed by atoms with E-state index < -0.39 is 5.60 Å². The van der Waals surface area contributed by atoms with E-state index >= 15 is 0 Å². The summed E-state index contributed by atoms with van der Waals surface area (Å²) in [5.41, 5.74) is 1.86.